The first-order valence-corrected chi connectivity index (χ1v) is 10.9. The summed E-state index contributed by atoms with van der Waals surface area (Å²) in [6.07, 6.45) is -2.26. The van der Waals surface area contributed by atoms with Gasteiger partial charge in [0.1, 0.15) is 0 Å². The molecular formula is C26H24F3NO3. The zero-order valence-electron chi connectivity index (χ0n) is 18.2. The summed E-state index contributed by atoms with van der Waals surface area (Å²) in [5, 5.41) is 3.18. The summed E-state index contributed by atoms with van der Waals surface area (Å²) in [5.41, 5.74) is 2.69. The van der Waals surface area contributed by atoms with Crippen molar-refractivity contribution in [3.8, 4) is 0 Å². The lowest BCUT2D eigenvalue weighted by Gasteiger charge is -2.34. The lowest BCUT2D eigenvalue weighted by Crippen LogP contribution is -2.34. The maximum Gasteiger partial charge on any atom is 0.416 e. The second kappa shape index (κ2) is 9.25. The number of ether oxygens (including phenoxy) is 1. The van der Waals surface area contributed by atoms with Crippen LogP contribution in [-0.2, 0) is 26.9 Å². The topological polar surface area (TPSA) is 55.4 Å². The monoisotopic (exact) mass is 455 g/mol. The van der Waals surface area contributed by atoms with Gasteiger partial charge in [0.15, 0.2) is 5.78 Å². The molecule has 0 saturated heterocycles. The number of Topliss-reactive ketones (excluding diaryl/α,β-unsaturated/α-hetero) is 1. The molecule has 1 aliphatic heterocycles. The van der Waals surface area contributed by atoms with Crippen LogP contribution >= 0.6 is 0 Å². The number of dihydropyridines is 1. The van der Waals surface area contributed by atoms with Crippen molar-refractivity contribution in [2.45, 2.75) is 44.7 Å². The summed E-state index contributed by atoms with van der Waals surface area (Å²) in [7, 11) is 0. The van der Waals surface area contributed by atoms with E-state index in [1.165, 1.54) is 12.1 Å². The Morgan fingerprint density at radius 2 is 1.76 bits per heavy atom. The van der Waals surface area contributed by atoms with E-state index < -0.39 is 23.6 Å². The van der Waals surface area contributed by atoms with Crippen molar-refractivity contribution in [2.24, 2.45) is 0 Å². The van der Waals surface area contributed by atoms with Gasteiger partial charge in [-0.2, -0.15) is 13.2 Å². The quantitative estimate of drug-likeness (QED) is 0.609. The molecule has 0 saturated carbocycles. The van der Waals surface area contributed by atoms with E-state index in [0.717, 1.165) is 23.4 Å². The van der Waals surface area contributed by atoms with E-state index in [1.807, 2.05) is 30.3 Å². The number of nitrogens with one attached hydrogen (secondary N) is 1. The Bertz CT molecular complexity index is 1120. The van der Waals surface area contributed by atoms with Gasteiger partial charge in [-0.3, -0.25) is 4.79 Å². The highest BCUT2D eigenvalue weighted by Gasteiger charge is 2.39. The molecule has 1 heterocycles. The smallest absolute Gasteiger partial charge is 0.416 e. The van der Waals surface area contributed by atoms with Gasteiger partial charge in [0.05, 0.1) is 17.7 Å². The minimum absolute atomic E-state index is 0.101. The molecule has 33 heavy (non-hydrogen) atoms. The van der Waals surface area contributed by atoms with Crippen molar-refractivity contribution >= 4 is 11.8 Å². The van der Waals surface area contributed by atoms with E-state index in [-0.39, 0.29) is 18.0 Å². The number of rotatable bonds is 5. The molecule has 172 valence electrons. The van der Waals surface area contributed by atoms with Crippen LogP contribution < -0.4 is 5.32 Å². The Balaban J connectivity index is 1.65. The number of allylic oxidation sites excluding steroid dienone is 3. The van der Waals surface area contributed by atoms with Crippen LogP contribution in [0.1, 0.15) is 48.8 Å². The molecule has 0 unspecified atom stereocenters. The summed E-state index contributed by atoms with van der Waals surface area (Å²) in [6, 6.07) is 14.2. The summed E-state index contributed by atoms with van der Waals surface area (Å²) < 4.78 is 44.8. The fourth-order valence-corrected chi connectivity index (χ4v) is 4.44. The van der Waals surface area contributed by atoms with E-state index in [2.05, 4.69) is 5.32 Å². The summed E-state index contributed by atoms with van der Waals surface area (Å²) in [4.78, 5) is 26.0. The molecule has 0 bridgehead atoms. The fraction of sp³-hybridized carbons (Fsp3) is 0.308. The number of alkyl halides is 3. The SMILES string of the molecule is CC1=C(C(=O)OCCc2ccccc2)[C@H](c2ccc(C(F)(F)F)cc2)C2=C(CCCC2=O)N1. The molecule has 0 aromatic heterocycles. The molecule has 1 N–H and O–H groups in total. The van der Waals surface area contributed by atoms with Crippen molar-refractivity contribution in [1.82, 2.24) is 5.32 Å². The molecule has 0 amide bonds. The number of halogens is 3. The Labute approximate surface area is 190 Å². The number of benzene rings is 2. The van der Waals surface area contributed by atoms with Crippen molar-refractivity contribution in [3.63, 3.8) is 0 Å². The Kier molecular flexibility index (Phi) is 6.40. The predicted molar refractivity (Wildman–Crippen MR) is 117 cm³/mol. The lowest BCUT2D eigenvalue weighted by atomic mass is 9.75. The number of hydrogen-bond acceptors (Lipinski definition) is 4. The van der Waals surface area contributed by atoms with Gasteiger partial charge in [0.25, 0.3) is 0 Å². The molecule has 0 radical (unpaired) electrons. The summed E-state index contributed by atoms with van der Waals surface area (Å²) in [5.74, 6) is -1.44. The first kappa shape index (κ1) is 22.8. The molecular weight excluding hydrogens is 431 g/mol. The van der Waals surface area contributed by atoms with Gasteiger partial charge in [-0.25, -0.2) is 4.79 Å². The second-order valence-corrected chi connectivity index (χ2v) is 8.26. The van der Waals surface area contributed by atoms with Crippen molar-refractivity contribution < 1.29 is 27.5 Å². The summed E-state index contributed by atoms with van der Waals surface area (Å²) >= 11 is 0. The fourth-order valence-electron chi connectivity index (χ4n) is 4.44. The number of hydrogen-bond donors (Lipinski definition) is 1. The Hall–Kier alpha value is -3.35. The van der Waals surface area contributed by atoms with Crippen molar-refractivity contribution in [3.05, 3.63) is 93.8 Å². The largest absolute Gasteiger partial charge is 0.462 e. The molecule has 1 aliphatic carbocycles. The average molecular weight is 455 g/mol. The van der Waals surface area contributed by atoms with Crippen LogP contribution in [0.4, 0.5) is 13.2 Å². The third kappa shape index (κ3) is 4.87. The highest BCUT2D eigenvalue weighted by Crippen LogP contribution is 2.43. The maximum atomic E-state index is 13.2. The van der Waals surface area contributed by atoms with Gasteiger partial charge >= 0.3 is 12.1 Å². The number of ketones is 1. The normalized spacial score (nSPS) is 18.7. The van der Waals surface area contributed by atoms with Gasteiger partial charge in [-0.1, -0.05) is 42.5 Å². The van der Waals surface area contributed by atoms with E-state index >= 15 is 0 Å². The molecule has 0 spiro atoms. The van der Waals surface area contributed by atoms with Gasteiger partial charge in [-0.15, -0.1) is 0 Å². The van der Waals surface area contributed by atoms with Crippen molar-refractivity contribution in [1.29, 1.82) is 0 Å². The van der Waals surface area contributed by atoms with Gasteiger partial charge in [-0.05, 0) is 43.0 Å². The van der Waals surface area contributed by atoms with E-state index in [0.29, 0.717) is 42.5 Å². The maximum absolute atomic E-state index is 13.2. The van der Waals surface area contributed by atoms with E-state index in [9.17, 15) is 22.8 Å². The third-order valence-corrected chi connectivity index (χ3v) is 6.03. The first-order chi connectivity index (χ1) is 15.8. The molecule has 2 aromatic carbocycles. The van der Waals surface area contributed by atoms with Crippen LogP contribution in [0.25, 0.3) is 0 Å². The van der Waals surface area contributed by atoms with Gasteiger partial charge < -0.3 is 10.1 Å². The number of esters is 1. The van der Waals surface area contributed by atoms with Crippen LogP contribution in [0.3, 0.4) is 0 Å². The van der Waals surface area contributed by atoms with E-state index in [1.54, 1.807) is 6.92 Å². The zero-order valence-corrected chi connectivity index (χ0v) is 18.2. The molecule has 2 aliphatic rings. The van der Waals surface area contributed by atoms with E-state index in [4.69, 9.17) is 4.74 Å². The van der Waals surface area contributed by atoms with Crippen LogP contribution in [0.5, 0.6) is 0 Å². The summed E-state index contributed by atoms with van der Waals surface area (Å²) in [6.45, 7) is 1.88. The molecule has 2 aromatic rings. The second-order valence-electron chi connectivity index (χ2n) is 8.26. The number of carbonyl (C=O) groups is 2. The first-order valence-electron chi connectivity index (χ1n) is 10.9. The minimum Gasteiger partial charge on any atom is -0.462 e. The lowest BCUT2D eigenvalue weighted by molar-refractivity contribution is -0.139. The van der Waals surface area contributed by atoms with Gasteiger partial charge in [0.2, 0.25) is 0 Å². The molecule has 4 rings (SSSR count). The van der Waals surface area contributed by atoms with Gasteiger partial charge in [0, 0.05) is 35.7 Å². The molecule has 1 atom stereocenters. The highest BCUT2D eigenvalue weighted by molar-refractivity contribution is 6.03. The van der Waals surface area contributed by atoms with Crippen LogP contribution in [-0.4, -0.2) is 18.4 Å². The van der Waals surface area contributed by atoms with Crippen LogP contribution in [0, 0.1) is 0 Å². The standard InChI is InChI=1S/C26H24F3NO3/c1-16-22(25(32)33-15-14-17-6-3-2-4-7-17)23(24-20(30-16)8-5-9-21(24)31)18-10-12-19(13-11-18)26(27,28)29/h2-4,6-7,10-13,23,30H,5,8-9,14-15H2,1H3/t23-/m0/s1. The minimum atomic E-state index is -4.47. The zero-order chi connectivity index (χ0) is 23.6. The Morgan fingerprint density at radius 1 is 1.06 bits per heavy atom. The van der Waals surface area contributed by atoms with Crippen LogP contribution in [0.2, 0.25) is 0 Å². The molecule has 7 heteroatoms. The predicted octanol–water partition coefficient (Wildman–Crippen LogP) is 5.46. The Morgan fingerprint density at radius 3 is 2.42 bits per heavy atom. The third-order valence-electron chi connectivity index (χ3n) is 6.03. The van der Waals surface area contributed by atoms with Crippen LogP contribution in [0.15, 0.2) is 77.1 Å². The average Bonchev–Trinajstić information content (AvgIpc) is 2.78. The van der Waals surface area contributed by atoms with Crippen molar-refractivity contribution in [2.75, 3.05) is 6.61 Å². The molecule has 4 nitrogen and oxygen atoms in total. The molecule has 0 fully saturated rings. The highest BCUT2D eigenvalue weighted by atomic mass is 19.4. The number of carbonyl (C=O) groups excluding carboxylic acids is 2.